The molecule has 3 rings (SSSR count). The number of phenols is 1. The molecule has 2 aliphatic rings. The van der Waals surface area contributed by atoms with Gasteiger partial charge in [-0.2, -0.15) is 0 Å². The van der Waals surface area contributed by atoms with Crippen LogP contribution in [0.3, 0.4) is 0 Å². The summed E-state index contributed by atoms with van der Waals surface area (Å²) in [5, 5.41) is 23.0. The molecule has 0 saturated carbocycles. The molecule has 104 valence electrons. The maximum Gasteiger partial charge on any atom is 0.115 e. The lowest BCUT2D eigenvalue weighted by atomic mass is 9.83. The van der Waals surface area contributed by atoms with Gasteiger partial charge in [0.25, 0.3) is 0 Å². The molecule has 4 heteroatoms. The fourth-order valence-corrected chi connectivity index (χ4v) is 3.42. The summed E-state index contributed by atoms with van der Waals surface area (Å²) in [5.41, 5.74) is 0.649. The molecule has 1 heterocycles. The van der Waals surface area contributed by atoms with E-state index in [-0.39, 0.29) is 11.7 Å². The molecule has 1 aliphatic carbocycles. The van der Waals surface area contributed by atoms with Crippen molar-refractivity contribution in [3.63, 3.8) is 0 Å². The van der Waals surface area contributed by atoms with E-state index in [2.05, 4.69) is 5.32 Å². The number of aliphatic hydroxyl groups is 1. The molecule has 0 radical (unpaired) electrons. The predicted molar refractivity (Wildman–Crippen MR) is 70.8 cm³/mol. The summed E-state index contributed by atoms with van der Waals surface area (Å²) in [5.74, 6) is 0.0928. The Balaban J connectivity index is 1.74. The molecule has 2 unspecified atom stereocenters. The largest absolute Gasteiger partial charge is 0.508 e. The number of aromatic hydroxyl groups is 1. The molecule has 3 nitrogen and oxygen atoms in total. The fraction of sp³-hybridized carbons (Fsp3) is 0.600. The molecule has 1 aliphatic heterocycles. The first-order valence-electron chi connectivity index (χ1n) is 6.97. The zero-order valence-electron chi connectivity index (χ0n) is 10.9. The van der Waals surface area contributed by atoms with Crippen molar-refractivity contribution in [3.8, 4) is 5.75 Å². The number of rotatable bonds is 2. The highest BCUT2D eigenvalue weighted by molar-refractivity contribution is 5.40. The van der Waals surface area contributed by atoms with Gasteiger partial charge in [0.2, 0.25) is 0 Å². The van der Waals surface area contributed by atoms with Crippen LogP contribution in [0.5, 0.6) is 5.75 Å². The van der Waals surface area contributed by atoms with Gasteiger partial charge in [0.05, 0.1) is 6.10 Å². The molecular weight excluding hydrogens is 245 g/mol. The first kappa shape index (κ1) is 12.9. The summed E-state index contributed by atoms with van der Waals surface area (Å²) in [7, 11) is 0. The van der Waals surface area contributed by atoms with E-state index in [0.717, 1.165) is 11.1 Å². The number of hydrogen-bond donors (Lipinski definition) is 3. The van der Waals surface area contributed by atoms with Gasteiger partial charge in [0, 0.05) is 0 Å². The van der Waals surface area contributed by atoms with E-state index in [1.165, 1.54) is 0 Å². The zero-order chi connectivity index (χ0) is 13.5. The highest BCUT2D eigenvalue weighted by atomic mass is 19.1. The molecule has 1 aromatic carbocycles. The third kappa shape index (κ3) is 2.47. The smallest absolute Gasteiger partial charge is 0.115 e. The lowest BCUT2D eigenvalue weighted by molar-refractivity contribution is 0.0380. The van der Waals surface area contributed by atoms with Gasteiger partial charge in [-0.15, -0.1) is 0 Å². The van der Waals surface area contributed by atoms with Crippen molar-refractivity contribution in [2.45, 2.75) is 37.5 Å². The zero-order valence-corrected chi connectivity index (χ0v) is 10.9. The van der Waals surface area contributed by atoms with E-state index in [1.54, 1.807) is 12.1 Å². The van der Waals surface area contributed by atoms with Crippen LogP contribution in [-0.4, -0.2) is 29.0 Å². The molecule has 0 spiro atoms. The van der Waals surface area contributed by atoms with Gasteiger partial charge in [-0.25, -0.2) is 4.39 Å². The molecule has 1 saturated heterocycles. The van der Waals surface area contributed by atoms with Gasteiger partial charge in [0.1, 0.15) is 11.4 Å². The number of benzene rings is 1. The van der Waals surface area contributed by atoms with E-state index < -0.39 is 11.8 Å². The van der Waals surface area contributed by atoms with Crippen LogP contribution < -0.4 is 5.32 Å². The van der Waals surface area contributed by atoms with Crippen molar-refractivity contribution in [1.82, 2.24) is 5.32 Å². The molecule has 1 aromatic rings. The van der Waals surface area contributed by atoms with Crippen LogP contribution in [0.25, 0.3) is 0 Å². The normalized spacial score (nSPS) is 29.2. The Bertz CT molecular complexity index is 471. The standard InChI is InChI=1S/C15H20FNO2/c16-15(3-5-17-6-4-15)9-11-7-10-1-2-12(18)8-13(10)14(11)19/h1-2,8,11,14,17-19H,3-7,9H2. The Kier molecular flexibility index (Phi) is 3.23. The summed E-state index contributed by atoms with van der Waals surface area (Å²) in [4.78, 5) is 0. The number of halogens is 1. The van der Waals surface area contributed by atoms with Crippen LogP contribution in [0.15, 0.2) is 18.2 Å². The molecule has 3 N–H and O–H groups in total. The van der Waals surface area contributed by atoms with Crippen molar-refractivity contribution in [2.24, 2.45) is 5.92 Å². The Labute approximate surface area is 112 Å². The van der Waals surface area contributed by atoms with E-state index in [4.69, 9.17) is 0 Å². The molecule has 1 fully saturated rings. The molecule has 0 aromatic heterocycles. The average molecular weight is 265 g/mol. The third-order valence-electron chi connectivity index (χ3n) is 4.50. The second-order valence-electron chi connectivity index (χ2n) is 5.90. The highest BCUT2D eigenvalue weighted by Gasteiger charge is 2.40. The predicted octanol–water partition coefficient (Wildman–Crippen LogP) is 2.08. The number of aliphatic hydroxyl groups excluding tert-OH is 1. The first-order chi connectivity index (χ1) is 9.07. The Morgan fingerprint density at radius 3 is 2.79 bits per heavy atom. The fourth-order valence-electron chi connectivity index (χ4n) is 3.42. The number of fused-ring (bicyclic) bond motifs is 1. The van der Waals surface area contributed by atoms with Gasteiger partial charge in [-0.05, 0) is 68.0 Å². The number of hydrogen-bond acceptors (Lipinski definition) is 3. The highest BCUT2D eigenvalue weighted by Crippen LogP contribution is 2.43. The number of alkyl halides is 1. The van der Waals surface area contributed by atoms with Crippen LogP contribution in [0.2, 0.25) is 0 Å². The monoisotopic (exact) mass is 265 g/mol. The van der Waals surface area contributed by atoms with E-state index in [0.29, 0.717) is 38.8 Å². The summed E-state index contributed by atoms with van der Waals surface area (Å²) in [6.07, 6.45) is 1.51. The molecule has 0 bridgehead atoms. The Hall–Kier alpha value is -1.13. The maximum absolute atomic E-state index is 14.7. The second-order valence-corrected chi connectivity index (χ2v) is 5.90. The number of piperidine rings is 1. The average Bonchev–Trinajstić information content (AvgIpc) is 2.67. The van der Waals surface area contributed by atoms with E-state index in [9.17, 15) is 14.6 Å². The topological polar surface area (TPSA) is 52.5 Å². The molecule has 19 heavy (non-hydrogen) atoms. The van der Waals surface area contributed by atoms with Crippen LogP contribution in [0, 0.1) is 5.92 Å². The molecule has 2 atom stereocenters. The van der Waals surface area contributed by atoms with Gasteiger partial charge in [0.15, 0.2) is 0 Å². The van der Waals surface area contributed by atoms with Crippen molar-refractivity contribution < 1.29 is 14.6 Å². The van der Waals surface area contributed by atoms with Crippen LogP contribution >= 0.6 is 0 Å². The quantitative estimate of drug-likeness (QED) is 0.767. The van der Waals surface area contributed by atoms with E-state index in [1.807, 2.05) is 6.07 Å². The summed E-state index contributed by atoms with van der Waals surface area (Å²) < 4.78 is 14.7. The second kappa shape index (κ2) is 4.76. The minimum absolute atomic E-state index is 0.0695. The SMILES string of the molecule is Oc1ccc2c(c1)C(O)C(CC1(F)CCNCC1)C2. The van der Waals surface area contributed by atoms with Gasteiger partial charge < -0.3 is 15.5 Å². The third-order valence-corrected chi connectivity index (χ3v) is 4.50. The lowest BCUT2D eigenvalue weighted by Crippen LogP contribution is -2.40. The lowest BCUT2D eigenvalue weighted by Gasteiger charge is -2.33. The van der Waals surface area contributed by atoms with Crippen LogP contribution in [0.4, 0.5) is 4.39 Å². The number of phenolic OH excluding ortho intramolecular Hbond substituents is 1. The van der Waals surface area contributed by atoms with Crippen molar-refractivity contribution in [1.29, 1.82) is 0 Å². The molecular formula is C15H20FNO2. The molecule has 0 amide bonds. The van der Waals surface area contributed by atoms with Gasteiger partial charge in [-0.1, -0.05) is 6.07 Å². The van der Waals surface area contributed by atoms with Gasteiger partial charge in [-0.3, -0.25) is 0 Å². The Morgan fingerprint density at radius 1 is 1.32 bits per heavy atom. The summed E-state index contributed by atoms with van der Waals surface area (Å²) in [6.45, 7) is 1.43. The first-order valence-corrected chi connectivity index (χ1v) is 6.97. The minimum Gasteiger partial charge on any atom is -0.508 e. The summed E-state index contributed by atoms with van der Waals surface area (Å²) in [6, 6.07) is 5.07. The summed E-state index contributed by atoms with van der Waals surface area (Å²) >= 11 is 0. The van der Waals surface area contributed by atoms with E-state index >= 15 is 0 Å². The van der Waals surface area contributed by atoms with Crippen LogP contribution in [0.1, 0.15) is 36.5 Å². The van der Waals surface area contributed by atoms with Crippen molar-refractivity contribution in [2.75, 3.05) is 13.1 Å². The maximum atomic E-state index is 14.7. The van der Waals surface area contributed by atoms with Crippen molar-refractivity contribution in [3.05, 3.63) is 29.3 Å². The van der Waals surface area contributed by atoms with Crippen molar-refractivity contribution >= 4 is 0 Å². The Morgan fingerprint density at radius 2 is 2.05 bits per heavy atom. The number of nitrogens with one attached hydrogen (secondary N) is 1. The van der Waals surface area contributed by atoms with Gasteiger partial charge >= 0.3 is 0 Å². The van der Waals surface area contributed by atoms with Crippen LogP contribution in [-0.2, 0) is 6.42 Å². The minimum atomic E-state index is -1.15.